The van der Waals surface area contributed by atoms with Crippen LogP contribution in [-0.2, 0) is 0 Å². The second-order valence-electron chi connectivity index (χ2n) is 12.5. The Balaban J connectivity index is 1.67. The van der Waals surface area contributed by atoms with Crippen molar-refractivity contribution in [2.45, 2.75) is 52.7 Å². The SMILES string of the molecule is CC(C)(C)Oc1ccc(C2=C(C#N)c3cc4c(cc3/C2=C/C#N)/C(=C/C#N)C(c2ccc(OC(C)(C)C)cc2)=C4C#N)cc1. The highest BCUT2D eigenvalue weighted by Crippen LogP contribution is 2.53. The Morgan fingerprint density at radius 1 is 0.523 bits per heavy atom. The monoisotopic (exact) mass is 574 g/mol. The Kier molecular flexibility index (Phi) is 7.49. The Hall–Kier alpha value is -5.82. The summed E-state index contributed by atoms with van der Waals surface area (Å²) in [4.78, 5) is 0. The first-order valence-corrected chi connectivity index (χ1v) is 14.2. The van der Waals surface area contributed by atoms with Gasteiger partial charge in [-0.3, -0.25) is 0 Å². The Labute approximate surface area is 258 Å². The van der Waals surface area contributed by atoms with Crippen LogP contribution in [0.5, 0.6) is 11.5 Å². The molecule has 0 heterocycles. The van der Waals surface area contributed by atoms with Gasteiger partial charge in [-0.2, -0.15) is 21.0 Å². The van der Waals surface area contributed by atoms with Crippen molar-refractivity contribution in [2.24, 2.45) is 0 Å². The first-order chi connectivity index (χ1) is 20.9. The lowest BCUT2D eigenvalue weighted by Crippen LogP contribution is -2.22. The summed E-state index contributed by atoms with van der Waals surface area (Å²) in [6.07, 6.45) is 2.89. The van der Waals surface area contributed by atoms with E-state index in [0.29, 0.717) is 67.2 Å². The summed E-state index contributed by atoms with van der Waals surface area (Å²) in [5.41, 5.74) is 6.79. The van der Waals surface area contributed by atoms with Gasteiger partial charge in [0.05, 0.1) is 23.3 Å². The number of rotatable bonds is 4. The molecule has 2 aliphatic rings. The number of nitriles is 4. The van der Waals surface area contributed by atoms with Gasteiger partial charge in [0.15, 0.2) is 0 Å². The third-order valence-corrected chi connectivity index (χ3v) is 7.09. The molecule has 0 radical (unpaired) electrons. The molecule has 0 bridgehead atoms. The van der Waals surface area contributed by atoms with Crippen molar-refractivity contribution in [1.29, 1.82) is 21.0 Å². The van der Waals surface area contributed by atoms with E-state index in [9.17, 15) is 21.0 Å². The van der Waals surface area contributed by atoms with Gasteiger partial charge in [-0.15, -0.1) is 0 Å². The summed E-state index contributed by atoms with van der Waals surface area (Å²) in [6.45, 7) is 11.8. The van der Waals surface area contributed by atoms with Gasteiger partial charge in [0.2, 0.25) is 0 Å². The van der Waals surface area contributed by atoms with Crippen molar-refractivity contribution >= 4 is 33.4 Å². The highest BCUT2D eigenvalue weighted by atomic mass is 16.5. The van der Waals surface area contributed by atoms with Crippen molar-refractivity contribution in [2.75, 3.05) is 0 Å². The maximum Gasteiger partial charge on any atom is 0.120 e. The molecule has 5 rings (SSSR count). The van der Waals surface area contributed by atoms with Gasteiger partial charge < -0.3 is 9.47 Å². The van der Waals surface area contributed by atoms with Crippen LogP contribution in [0.1, 0.15) is 74.9 Å². The summed E-state index contributed by atoms with van der Waals surface area (Å²) in [5, 5.41) is 40.3. The Morgan fingerprint density at radius 2 is 0.864 bits per heavy atom. The molecule has 0 aliphatic heterocycles. The van der Waals surface area contributed by atoms with Gasteiger partial charge in [-0.1, -0.05) is 24.3 Å². The van der Waals surface area contributed by atoms with Gasteiger partial charge in [0, 0.05) is 45.6 Å². The van der Waals surface area contributed by atoms with Crippen LogP contribution in [-0.4, -0.2) is 11.2 Å². The predicted octanol–water partition coefficient (Wildman–Crippen LogP) is 8.75. The van der Waals surface area contributed by atoms with Crippen LogP contribution in [0.4, 0.5) is 0 Å². The fourth-order valence-electron chi connectivity index (χ4n) is 5.61. The highest BCUT2D eigenvalue weighted by Gasteiger charge is 2.34. The fourth-order valence-corrected chi connectivity index (χ4v) is 5.61. The third-order valence-electron chi connectivity index (χ3n) is 7.09. The molecule has 214 valence electrons. The average Bonchev–Trinajstić information content (AvgIpc) is 3.42. The number of hydrogen-bond acceptors (Lipinski definition) is 6. The molecule has 0 N–H and O–H groups in total. The van der Waals surface area contributed by atoms with E-state index in [1.165, 1.54) is 12.2 Å². The largest absolute Gasteiger partial charge is 0.488 e. The fraction of sp³-hybridized carbons (Fsp3) is 0.211. The van der Waals surface area contributed by atoms with Crippen LogP contribution >= 0.6 is 0 Å². The maximum absolute atomic E-state index is 10.4. The molecule has 3 aromatic rings. The molecule has 6 nitrogen and oxygen atoms in total. The first kappa shape index (κ1) is 29.7. The Morgan fingerprint density at radius 3 is 1.16 bits per heavy atom. The van der Waals surface area contributed by atoms with E-state index in [1.807, 2.05) is 102 Å². The van der Waals surface area contributed by atoms with Crippen molar-refractivity contribution < 1.29 is 9.47 Å². The molecule has 0 saturated heterocycles. The quantitative estimate of drug-likeness (QED) is 0.288. The zero-order valence-corrected chi connectivity index (χ0v) is 25.5. The van der Waals surface area contributed by atoms with E-state index in [-0.39, 0.29) is 11.2 Å². The third kappa shape index (κ3) is 5.51. The zero-order chi connectivity index (χ0) is 31.8. The van der Waals surface area contributed by atoms with Crippen LogP contribution in [0.15, 0.2) is 72.8 Å². The van der Waals surface area contributed by atoms with Gasteiger partial charge in [-0.25, -0.2) is 0 Å². The second-order valence-corrected chi connectivity index (χ2v) is 12.5. The van der Waals surface area contributed by atoms with Gasteiger partial charge >= 0.3 is 0 Å². The topological polar surface area (TPSA) is 114 Å². The number of fused-ring (bicyclic) bond motifs is 2. The van der Waals surface area contributed by atoms with E-state index in [1.54, 1.807) is 0 Å². The van der Waals surface area contributed by atoms with Crippen molar-refractivity contribution in [1.82, 2.24) is 0 Å². The van der Waals surface area contributed by atoms with Crippen LogP contribution in [0.25, 0.3) is 33.4 Å². The number of hydrogen-bond donors (Lipinski definition) is 0. The molecule has 0 unspecified atom stereocenters. The maximum atomic E-state index is 10.4. The van der Waals surface area contributed by atoms with E-state index < -0.39 is 0 Å². The summed E-state index contributed by atoms with van der Waals surface area (Å²) in [7, 11) is 0. The van der Waals surface area contributed by atoms with Gasteiger partial charge in [-0.05, 0) is 100 Å². The molecular formula is C38H30N4O2. The molecule has 0 atom stereocenters. The van der Waals surface area contributed by atoms with Crippen LogP contribution in [0, 0.1) is 45.3 Å². The van der Waals surface area contributed by atoms with Crippen molar-refractivity contribution in [3.05, 3.63) is 106 Å². The summed E-state index contributed by atoms with van der Waals surface area (Å²) < 4.78 is 11.9. The molecule has 0 amide bonds. The molecule has 3 aromatic carbocycles. The van der Waals surface area contributed by atoms with E-state index in [4.69, 9.17) is 9.47 Å². The standard InChI is InChI=1S/C38H30N4O2/c1-37(2,3)43-25-11-7-23(8-12-25)35-27(15-17-39)29-19-30-28(16-18-40)36(24-9-13-26(14-10-24)44-38(4,5)6)34(22-42)32(30)20-31(29)33(35)21-41/h7-16,19-20H,1-6H3/b27-15-,28-16-. The molecule has 0 spiro atoms. The average molecular weight is 575 g/mol. The van der Waals surface area contributed by atoms with Crippen LogP contribution < -0.4 is 9.47 Å². The van der Waals surface area contributed by atoms with Crippen LogP contribution in [0.2, 0.25) is 0 Å². The minimum absolute atomic E-state index is 0.365. The highest BCUT2D eigenvalue weighted by molar-refractivity contribution is 6.28. The number of allylic oxidation sites excluding steroid dienone is 8. The normalized spacial score (nSPS) is 15.8. The van der Waals surface area contributed by atoms with E-state index >= 15 is 0 Å². The lowest BCUT2D eigenvalue weighted by atomic mass is 9.92. The predicted molar refractivity (Wildman–Crippen MR) is 172 cm³/mol. The molecule has 2 aliphatic carbocycles. The number of nitrogens with zero attached hydrogens (tertiary/aromatic N) is 4. The van der Waals surface area contributed by atoms with E-state index in [2.05, 4.69) is 24.3 Å². The summed E-state index contributed by atoms with van der Waals surface area (Å²) in [6, 6.07) is 27.7. The van der Waals surface area contributed by atoms with Crippen molar-refractivity contribution in [3.63, 3.8) is 0 Å². The van der Waals surface area contributed by atoms with Crippen molar-refractivity contribution in [3.8, 4) is 35.8 Å². The lowest BCUT2D eigenvalue weighted by Gasteiger charge is -2.21. The summed E-state index contributed by atoms with van der Waals surface area (Å²) >= 11 is 0. The number of benzene rings is 3. The molecular weight excluding hydrogens is 544 g/mol. The van der Waals surface area contributed by atoms with Crippen LogP contribution in [0.3, 0.4) is 0 Å². The number of ether oxygens (including phenoxy) is 2. The molecule has 0 aromatic heterocycles. The smallest absolute Gasteiger partial charge is 0.120 e. The molecule has 0 fully saturated rings. The summed E-state index contributed by atoms with van der Waals surface area (Å²) in [5.74, 6) is 1.39. The molecule has 6 heteroatoms. The second kappa shape index (κ2) is 11.1. The minimum Gasteiger partial charge on any atom is -0.488 e. The van der Waals surface area contributed by atoms with Gasteiger partial charge in [0.1, 0.15) is 34.8 Å². The first-order valence-electron chi connectivity index (χ1n) is 14.2. The minimum atomic E-state index is -0.365. The Bertz CT molecular complexity index is 1840. The van der Waals surface area contributed by atoms with E-state index in [0.717, 1.165) is 11.1 Å². The van der Waals surface area contributed by atoms with Gasteiger partial charge in [0.25, 0.3) is 0 Å². The molecule has 0 saturated carbocycles. The zero-order valence-electron chi connectivity index (χ0n) is 25.5. The lowest BCUT2D eigenvalue weighted by molar-refractivity contribution is 0.130. The molecule has 44 heavy (non-hydrogen) atoms.